The van der Waals surface area contributed by atoms with Crippen LogP contribution in [0.4, 0.5) is 0 Å². The molecule has 7 heteroatoms. The molecule has 3 aromatic rings. The highest BCUT2D eigenvalue weighted by atomic mass is 127. The Morgan fingerprint density at radius 2 is 1.30 bits per heavy atom. The summed E-state index contributed by atoms with van der Waals surface area (Å²) in [5.74, 6) is 0. The molecule has 0 fully saturated rings. The summed E-state index contributed by atoms with van der Waals surface area (Å²) in [7, 11) is -5.37. The molecule has 1 unspecified atom stereocenters. The van der Waals surface area contributed by atoms with Gasteiger partial charge in [-0.3, -0.25) is 0 Å². The van der Waals surface area contributed by atoms with E-state index in [4.69, 9.17) is 0 Å². The molecule has 0 aliphatic heterocycles. The first-order chi connectivity index (χ1) is 12.9. The zero-order valence-electron chi connectivity index (χ0n) is 13.9. The fraction of sp³-hybridized carbons (Fsp3) is 0. The second-order valence-electron chi connectivity index (χ2n) is 5.57. The van der Waals surface area contributed by atoms with Gasteiger partial charge in [-0.25, -0.2) is 12.6 Å². The van der Waals surface area contributed by atoms with Gasteiger partial charge in [-0.15, -0.1) is 0 Å². The van der Waals surface area contributed by atoms with E-state index in [9.17, 15) is 12.6 Å². The van der Waals surface area contributed by atoms with Gasteiger partial charge in [0.1, 0.15) is 0 Å². The minimum atomic E-state index is -3.75. The Bertz CT molecular complexity index is 1090. The van der Waals surface area contributed by atoms with Crippen molar-refractivity contribution < 1.29 is 12.6 Å². The molecular weight excluding hydrogens is 606 g/mol. The number of sulfone groups is 1. The van der Waals surface area contributed by atoms with Gasteiger partial charge in [0.05, 0.1) is 26.0 Å². The van der Waals surface area contributed by atoms with Crippen LogP contribution in [0.1, 0.15) is 5.56 Å². The minimum absolute atomic E-state index is 0.177. The van der Waals surface area contributed by atoms with Gasteiger partial charge in [0.15, 0.2) is 0 Å². The van der Waals surface area contributed by atoms with Crippen molar-refractivity contribution in [3.63, 3.8) is 0 Å². The molecule has 0 saturated heterocycles. The normalized spacial score (nSPS) is 13.3. The third-order valence-electron chi connectivity index (χ3n) is 3.69. The third-order valence-corrected chi connectivity index (χ3v) is 8.21. The van der Waals surface area contributed by atoms with Crippen LogP contribution >= 0.6 is 45.2 Å². The Morgan fingerprint density at radius 1 is 0.778 bits per heavy atom. The molecule has 0 heterocycles. The van der Waals surface area contributed by atoms with Gasteiger partial charge >= 0.3 is 0 Å². The first-order valence-corrected chi connectivity index (χ1v) is 12.7. The summed E-state index contributed by atoms with van der Waals surface area (Å²) in [5, 5.41) is 1.12. The Morgan fingerprint density at radius 3 is 1.85 bits per heavy atom. The van der Waals surface area contributed by atoms with Crippen LogP contribution in [-0.4, -0.2) is 12.6 Å². The fourth-order valence-electron chi connectivity index (χ4n) is 2.34. The number of benzene rings is 3. The van der Waals surface area contributed by atoms with Gasteiger partial charge in [-0.1, -0.05) is 30.3 Å². The summed E-state index contributed by atoms with van der Waals surface area (Å²) in [6.07, 6.45) is 0. The molecule has 0 bridgehead atoms. The molecule has 0 aromatic heterocycles. The van der Waals surface area contributed by atoms with E-state index in [1.807, 2.05) is 18.2 Å². The molecule has 27 heavy (non-hydrogen) atoms. The second kappa shape index (κ2) is 8.97. The van der Waals surface area contributed by atoms with E-state index in [0.717, 1.165) is 12.5 Å². The van der Waals surface area contributed by atoms with Crippen LogP contribution in [0.3, 0.4) is 0 Å². The van der Waals surface area contributed by atoms with Crippen molar-refractivity contribution >= 4 is 70.7 Å². The molecule has 0 aliphatic rings. The van der Waals surface area contributed by atoms with Gasteiger partial charge in [-0.05, 0) is 99.3 Å². The molecular formula is C20H14I2O3S2. The van der Waals surface area contributed by atoms with E-state index in [2.05, 4.69) is 45.2 Å². The second-order valence-corrected chi connectivity index (χ2v) is 11.3. The quantitative estimate of drug-likeness (QED) is 0.356. The summed E-state index contributed by atoms with van der Waals surface area (Å²) in [6.45, 7) is 0. The molecule has 0 spiro atoms. The van der Waals surface area contributed by atoms with Gasteiger partial charge in [0.25, 0.3) is 0 Å². The van der Waals surface area contributed by atoms with E-state index in [1.54, 1.807) is 60.7 Å². The maximum absolute atomic E-state index is 13.2. The SMILES string of the molecule is O=S(/C(=C/S(=O)(=O)c1ccc(I)cc1)c1ccccc1)c1ccc(I)cc1. The zero-order chi connectivity index (χ0) is 19.4. The van der Waals surface area contributed by atoms with Crippen LogP contribution in [0.15, 0.2) is 94.1 Å². The molecule has 1 atom stereocenters. The fourth-order valence-corrected chi connectivity index (χ4v) is 5.85. The first kappa shape index (κ1) is 20.7. The van der Waals surface area contributed by atoms with Crippen LogP contribution in [0.5, 0.6) is 0 Å². The molecule has 3 nitrogen and oxygen atoms in total. The van der Waals surface area contributed by atoms with Crippen molar-refractivity contribution in [2.75, 3.05) is 0 Å². The number of rotatable bonds is 5. The van der Waals surface area contributed by atoms with Gasteiger partial charge < -0.3 is 0 Å². The molecule has 3 aromatic carbocycles. The summed E-state index contributed by atoms with van der Waals surface area (Å²) in [6, 6.07) is 22.8. The average Bonchev–Trinajstić information content (AvgIpc) is 2.67. The zero-order valence-corrected chi connectivity index (χ0v) is 19.8. The lowest BCUT2D eigenvalue weighted by atomic mass is 10.2. The third kappa shape index (κ3) is 5.27. The van der Waals surface area contributed by atoms with Crippen LogP contribution < -0.4 is 0 Å². The largest absolute Gasteiger partial charge is 0.249 e. The van der Waals surface area contributed by atoms with Crippen LogP contribution in [-0.2, 0) is 20.6 Å². The Kier molecular flexibility index (Phi) is 6.88. The Hall–Kier alpha value is -1.04. The van der Waals surface area contributed by atoms with Crippen LogP contribution in [0.2, 0.25) is 0 Å². The molecule has 0 N–H and O–H groups in total. The van der Waals surface area contributed by atoms with E-state index < -0.39 is 20.6 Å². The first-order valence-electron chi connectivity index (χ1n) is 7.82. The standard InChI is InChI=1S/C20H14I2O3S2/c21-16-6-10-18(11-7-16)26(23)20(15-4-2-1-3-5-15)14-27(24,25)19-12-8-17(22)9-13-19/h1-14H/b20-14+. The van der Waals surface area contributed by atoms with E-state index >= 15 is 0 Å². The predicted molar refractivity (Wildman–Crippen MR) is 126 cm³/mol. The summed E-state index contributed by atoms with van der Waals surface area (Å²) in [5.41, 5.74) is 0.614. The van der Waals surface area contributed by atoms with E-state index in [0.29, 0.717) is 10.5 Å². The van der Waals surface area contributed by atoms with E-state index in [-0.39, 0.29) is 9.80 Å². The molecule has 138 valence electrons. The predicted octanol–water partition coefficient (Wildman–Crippen LogP) is 5.48. The minimum Gasteiger partial charge on any atom is -0.249 e. The van der Waals surface area contributed by atoms with Gasteiger partial charge in [0.2, 0.25) is 9.84 Å². The molecule has 0 amide bonds. The highest BCUT2D eigenvalue weighted by Crippen LogP contribution is 2.28. The van der Waals surface area contributed by atoms with Crippen molar-refractivity contribution in [2.45, 2.75) is 9.79 Å². The Labute approximate surface area is 188 Å². The van der Waals surface area contributed by atoms with Crippen LogP contribution in [0.25, 0.3) is 4.91 Å². The summed E-state index contributed by atoms with van der Waals surface area (Å²) < 4.78 is 41.0. The summed E-state index contributed by atoms with van der Waals surface area (Å²) in [4.78, 5) is 0.995. The topological polar surface area (TPSA) is 51.2 Å². The van der Waals surface area contributed by atoms with E-state index in [1.165, 1.54) is 0 Å². The van der Waals surface area contributed by atoms with Crippen molar-refractivity contribution in [3.05, 3.63) is 97.0 Å². The van der Waals surface area contributed by atoms with Gasteiger partial charge in [0, 0.05) is 12.0 Å². The van der Waals surface area contributed by atoms with Crippen molar-refractivity contribution in [3.8, 4) is 0 Å². The average molecular weight is 620 g/mol. The van der Waals surface area contributed by atoms with Crippen LogP contribution in [0, 0.1) is 7.14 Å². The lowest BCUT2D eigenvalue weighted by Gasteiger charge is -2.09. The lowest BCUT2D eigenvalue weighted by molar-refractivity contribution is 0.604. The molecule has 0 radical (unpaired) electrons. The maximum atomic E-state index is 13.2. The maximum Gasteiger partial charge on any atom is 0.201 e. The molecule has 0 saturated carbocycles. The summed E-state index contributed by atoms with van der Waals surface area (Å²) >= 11 is 4.29. The van der Waals surface area contributed by atoms with Crippen molar-refractivity contribution in [1.29, 1.82) is 0 Å². The number of hydrogen-bond acceptors (Lipinski definition) is 3. The van der Waals surface area contributed by atoms with Crippen molar-refractivity contribution in [1.82, 2.24) is 0 Å². The Balaban J connectivity index is 2.12. The van der Waals surface area contributed by atoms with Crippen molar-refractivity contribution in [2.24, 2.45) is 0 Å². The number of halogens is 2. The number of hydrogen-bond donors (Lipinski definition) is 0. The molecule has 3 rings (SSSR count). The smallest absolute Gasteiger partial charge is 0.201 e. The van der Waals surface area contributed by atoms with Gasteiger partial charge in [-0.2, -0.15) is 0 Å². The highest BCUT2D eigenvalue weighted by molar-refractivity contribution is 14.1. The highest BCUT2D eigenvalue weighted by Gasteiger charge is 2.19. The monoisotopic (exact) mass is 620 g/mol. The lowest BCUT2D eigenvalue weighted by Crippen LogP contribution is -2.02. The molecule has 0 aliphatic carbocycles.